The molecule has 0 aliphatic carbocycles. The van der Waals surface area contributed by atoms with E-state index in [1.165, 1.54) is 22.2 Å². The van der Waals surface area contributed by atoms with Crippen molar-refractivity contribution in [1.82, 2.24) is 19.7 Å². The lowest BCUT2D eigenvalue weighted by atomic mass is 10.1. The molecule has 0 saturated carbocycles. The first-order valence-corrected chi connectivity index (χ1v) is 10.0. The number of nitrogens with zero attached hydrogens (tertiary/aromatic N) is 3. The van der Waals surface area contributed by atoms with E-state index < -0.39 is 0 Å². The van der Waals surface area contributed by atoms with E-state index in [0.717, 1.165) is 25.8 Å². The summed E-state index contributed by atoms with van der Waals surface area (Å²) in [4.78, 5) is 27.9. The maximum absolute atomic E-state index is 12.7. The number of unbranched alkanes of at least 4 members (excludes halogenated alkanes) is 1. The fourth-order valence-electron chi connectivity index (χ4n) is 2.81. The van der Waals surface area contributed by atoms with Crippen LogP contribution < -0.4 is 5.69 Å². The molecule has 1 unspecified atom stereocenters. The van der Waals surface area contributed by atoms with Crippen LogP contribution in [-0.4, -0.2) is 37.4 Å². The number of carbonyl (C=O) groups excluding carboxylic acids is 1. The number of rotatable bonds is 6. The summed E-state index contributed by atoms with van der Waals surface area (Å²) in [6, 6.07) is 2.10. The first kappa shape index (κ1) is 17.3. The Hall–Kier alpha value is -1.54. The minimum Gasteiger partial charge on any atom is -0.337 e. The van der Waals surface area contributed by atoms with E-state index in [4.69, 9.17) is 0 Å². The molecule has 1 N–H and O–H groups in total. The highest BCUT2D eigenvalue weighted by Crippen LogP contribution is 2.27. The molecule has 2 aromatic heterocycles. The molecule has 1 aliphatic heterocycles. The molecule has 1 amide bonds. The summed E-state index contributed by atoms with van der Waals surface area (Å²) in [5.41, 5.74) is 1.06. The van der Waals surface area contributed by atoms with Crippen molar-refractivity contribution in [3.05, 3.63) is 32.4 Å². The highest BCUT2D eigenvalue weighted by atomic mass is 32.2. The minimum absolute atomic E-state index is 0.106. The SMILES string of the molecule is CCCCn1c(SC(C)C(=O)N2CCc3sccc3C2)n[nH]c1=O. The molecular weight excluding hydrogens is 344 g/mol. The van der Waals surface area contributed by atoms with E-state index in [2.05, 4.69) is 28.6 Å². The maximum Gasteiger partial charge on any atom is 0.343 e. The molecule has 0 aromatic carbocycles. The molecule has 130 valence electrons. The Morgan fingerprint density at radius 2 is 2.38 bits per heavy atom. The molecule has 0 bridgehead atoms. The summed E-state index contributed by atoms with van der Waals surface area (Å²) in [5.74, 6) is 0.106. The predicted octanol–water partition coefficient (Wildman–Crippen LogP) is 2.50. The van der Waals surface area contributed by atoms with Gasteiger partial charge in [0.1, 0.15) is 0 Å². The number of nitrogens with one attached hydrogen (secondary N) is 1. The van der Waals surface area contributed by atoms with Gasteiger partial charge in [-0.3, -0.25) is 9.36 Å². The van der Waals surface area contributed by atoms with Crippen LogP contribution in [0.25, 0.3) is 0 Å². The summed E-state index contributed by atoms with van der Waals surface area (Å²) in [5, 5.41) is 9.00. The molecule has 3 heterocycles. The Kier molecular flexibility index (Phi) is 5.45. The summed E-state index contributed by atoms with van der Waals surface area (Å²) in [6.45, 7) is 6.06. The zero-order chi connectivity index (χ0) is 17.1. The van der Waals surface area contributed by atoms with Gasteiger partial charge in [0.25, 0.3) is 0 Å². The van der Waals surface area contributed by atoms with E-state index >= 15 is 0 Å². The second-order valence-electron chi connectivity index (χ2n) is 5.96. The van der Waals surface area contributed by atoms with Gasteiger partial charge < -0.3 is 4.90 Å². The normalized spacial score (nSPS) is 15.3. The number of thioether (sulfide) groups is 1. The molecule has 6 nitrogen and oxygen atoms in total. The van der Waals surface area contributed by atoms with E-state index in [0.29, 0.717) is 18.2 Å². The van der Waals surface area contributed by atoms with Gasteiger partial charge >= 0.3 is 5.69 Å². The first-order chi connectivity index (χ1) is 11.6. The number of aromatic nitrogens is 3. The van der Waals surface area contributed by atoms with E-state index in [-0.39, 0.29) is 16.8 Å². The summed E-state index contributed by atoms with van der Waals surface area (Å²) in [6.07, 6.45) is 2.86. The lowest BCUT2D eigenvalue weighted by molar-refractivity contribution is -0.131. The van der Waals surface area contributed by atoms with Crippen molar-refractivity contribution in [3.63, 3.8) is 0 Å². The molecule has 0 saturated heterocycles. The lowest BCUT2D eigenvalue weighted by Gasteiger charge is -2.29. The first-order valence-electron chi connectivity index (χ1n) is 8.26. The van der Waals surface area contributed by atoms with Crippen LogP contribution in [0.3, 0.4) is 0 Å². The van der Waals surface area contributed by atoms with Crippen molar-refractivity contribution in [2.75, 3.05) is 6.54 Å². The van der Waals surface area contributed by atoms with E-state index in [1.807, 2.05) is 11.8 Å². The van der Waals surface area contributed by atoms with Crippen molar-refractivity contribution >= 4 is 29.0 Å². The molecular formula is C16H22N4O2S2. The molecule has 0 fully saturated rings. The number of amides is 1. The molecule has 8 heteroatoms. The van der Waals surface area contributed by atoms with Crippen LogP contribution in [0.5, 0.6) is 0 Å². The predicted molar refractivity (Wildman–Crippen MR) is 96.5 cm³/mol. The van der Waals surface area contributed by atoms with E-state index in [9.17, 15) is 9.59 Å². The van der Waals surface area contributed by atoms with Gasteiger partial charge in [0.05, 0.1) is 5.25 Å². The average molecular weight is 367 g/mol. The third-order valence-electron chi connectivity index (χ3n) is 4.21. The standard InChI is InChI=1S/C16H22N4O2S2/c1-3-4-7-20-15(22)17-18-16(20)24-11(2)14(21)19-8-5-13-12(10-19)6-9-23-13/h6,9,11H,3-5,7-8,10H2,1-2H3,(H,17,22). The van der Waals surface area contributed by atoms with E-state index in [1.54, 1.807) is 15.9 Å². The molecule has 1 aliphatic rings. The quantitative estimate of drug-likeness (QED) is 0.798. The van der Waals surface area contributed by atoms with Gasteiger partial charge in [0.2, 0.25) is 5.91 Å². The van der Waals surface area contributed by atoms with Gasteiger partial charge in [-0.2, -0.15) is 0 Å². The van der Waals surface area contributed by atoms with Gasteiger partial charge in [-0.1, -0.05) is 25.1 Å². The topological polar surface area (TPSA) is 71.0 Å². The molecule has 2 aromatic rings. The summed E-state index contributed by atoms with van der Waals surface area (Å²) >= 11 is 3.13. The zero-order valence-electron chi connectivity index (χ0n) is 13.9. The summed E-state index contributed by atoms with van der Waals surface area (Å²) < 4.78 is 1.63. The number of hydrogen-bond donors (Lipinski definition) is 1. The molecule has 3 rings (SSSR count). The molecule has 0 radical (unpaired) electrons. The third kappa shape index (κ3) is 3.59. The Labute approximate surface area is 149 Å². The van der Waals surface area contributed by atoms with Crippen molar-refractivity contribution in [2.45, 2.75) is 56.6 Å². The van der Waals surface area contributed by atoms with Crippen LogP contribution in [0.15, 0.2) is 21.4 Å². The smallest absolute Gasteiger partial charge is 0.337 e. The second kappa shape index (κ2) is 7.57. The van der Waals surface area contributed by atoms with Crippen molar-refractivity contribution in [3.8, 4) is 0 Å². The highest BCUT2D eigenvalue weighted by Gasteiger charge is 2.27. The maximum atomic E-state index is 12.7. The molecule has 24 heavy (non-hydrogen) atoms. The number of fused-ring (bicyclic) bond motifs is 1. The molecule has 1 atom stereocenters. The van der Waals surface area contributed by atoms with Crippen LogP contribution in [0.1, 0.15) is 37.1 Å². The Balaban J connectivity index is 1.66. The summed E-state index contributed by atoms with van der Waals surface area (Å²) in [7, 11) is 0. The van der Waals surface area contributed by atoms with Crippen LogP contribution in [-0.2, 0) is 24.3 Å². The number of hydrogen-bond acceptors (Lipinski definition) is 5. The zero-order valence-corrected chi connectivity index (χ0v) is 15.6. The Morgan fingerprint density at radius 3 is 3.17 bits per heavy atom. The van der Waals surface area contributed by atoms with Crippen molar-refractivity contribution in [2.24, 2.45) is 0 Å². The number of carbonyl (C=O) groups is 1. The van der Waals surface area contributed by atoms with Gasteiger partial charge in [-0.25, -0.2) is 9.89 Å². The number of thiophene rings is 1. The lowest BCUT2D eigenvalue weighted by Crippen LogP contribution is -2.39. The van der Waals surface area contributed by atoms with Gasteiger partial charge in [0, 0.05) is 24.5 Å². The highest BCUT2D eigenvalue weighted by molar-refractivity contribution is 8.00. The van der Waals surface area contributed by atoms with Crippen molar-refractivity contribution in [1.29, 1.82) is 0 Å². The second-order valence-corrected chi connectivity index (χ2v) is 8.26. The Morgan fingerprint density at radius 1 is 1.54 bits per heavy atom. The average Bonchev–Trinajstić information content (AvgIpc) is 3.18. The number of aromatic amines is 1. The van der Waals surface area contributed by atoms with Crippen LogP contribution >= 0.6 is 23.1 Å². The van der Waals surface area contributed by atoms with Crippen LogP contribution in [0, 0.1) is 0 Å². The number of H-pyrrole nitrogens is 1. The van der Waals surface area contributed by atoms with Gasteiger partial charge in [-0.15, -0.1) is 16.4 Å². The molecule has 0 spiro atoms. The minimum atomic E-state index is -0.263. The van der Waals surface area contributed by atoms with Gasteiger partial charge in [-0.05, 0) is 36.8 Å². The van der Waals surface area contributed by atoms with Gasteiger partial charge in [0.15, 0.2) is 5.16 Å². The van der Waals surface area contributed by atoms with Crippen LogP contribution in [0.2, 0.25) is 0 Å². The largest absolute Gasteiger partial charge is 0.343 e. The monoisotopic (exact) mass is 366 g/mol. The fourth-order valence-corrected chi connectivity index (χ4v) is 4.66. The Bertz CT molecular complexity index is 764. The fraction of sp³-hybridized carbons (Fsp3) is 0.562. The van der Waals surface area contributed by atoms with Crippen LogP contribution in [0.4, 0.5) is 0 Å². The third-order valence-corrected chi connectivity index (χ3v) is 6.31. The van der Waals surface area contributed by atoms with Crippen molar-refractivity contribution < 1.29 is 4.79 Å².